The molecule has 0 amide bonds. The molecule has 2 aliphatic rings. The number of aromatic nitrogens is 2. The zero-order valence-electron chi connectivity index (χ0n) is 15.9. The first-order chi connectivity index (χ1) is 13.8. The highest BCUT2D eigenvalue weighted by Crippen LogP contribution is 2.41. The van der Waals surface area contributed by atoms with E-state index in [4.69, 9.17) is 0 Å². The Balaban J connectivity index is 1.60. The fourth-order valence-electron chi connectivity index (χ4n) is 4.66. The molecule has 0 radical (unpaired) electrons. The highest BCUT2D eigenvalue weighted by molar-refractivity contribution is 5.91. The number of aromatic amines is 1. The zero-order chi connectivity index (χ0) is 18.9. The first-order valence-corrected chi connectivity index (χ1v) is 10.1. The summed E-state index contributed by atoms with van der Waals surface area (Å²) in [7, 11) is 0. The quantitative estimate of drug-likeness (QED) is 0.655. The van der Waals surface area contributed by atoms with Crippen LogP contribution in [0.25, 0.3) is 28.0 Å². The van der Waals surface area contributed by atoms with Crippen molar-refractivity contribution in [2.24, 2.45) is 0 Å². The zero-order valence-corrected chi connectivity index (χ0v) is 15.9. The summed E-state index contributed by atoms with van der Waals surface area (Å²) in [5, 5.41) is 0. The number of piperidine rings is 1. The Kier molecular flexibility index (Phi) is 4.57. The van der Waals surface area contributed by atoms with Crippen molar-refractivity contribution in [1.82, 2.24) is 14.9 Å². The Morgan fingerprint density at radius 1 is 1.00 bits per heavy atom. The standard InChI is InChI=1S/C24H24FN3/c25-20-6-4-18(5-7-20)24-23(17-8-11-26-12-9-17)22(16-27-24)19-10-14-28-13-2-1-3-21(28)15-19/h4-12,16,21,27H,1-3,13-15H2. The molecule has 28 heavy (non-hydrogen) atoms. The molecule has 3 aromatic rings. The summed E-state index contributed by atoms with van der Waals surface area (Å²) in [6, 6.07) is 11.5. The van der Waals surface area contributed by atoms with Gasteiger partial charge in [-0.05, 0) is 78.9 Å². The molecule has 1 aromatic carbocycles. The van der Waals surface area contributed by atoms with Gasteiger partial charge in [-0.2, -0.15) is 0 Å². The number of hydrogen-bond donors (Lipinski definition) is 1. The van der Waals surface area contributed by atoms with Crippen LogP contribution in [0.15, 0.2) is 61.1 Å². The number of nitrogens with zero attached hydrogens (tertiary/aromatic N) is 2. The number of fused-ring (bicyclic) bond motifs is 1. The highest BCUT2D eigenvalue weighted by atomic mass is 19.1. The Morgan fingerprint density at radius 2 is 1.82 bits per heavy atom. The second kappa shape index (κ2) is 7.36. The molecular formula is C24H24FN3. The van der Waals surface area contributed by atoms with Crippen LogP contribution in [0.1, 0.15) is 31.2 Å². The lowest BCUT2D eigenvalue weighted by atomic mass is 9.86. The van der Waals surface area contributed by atoms with Gasteiger partial charge in [0.2, 0.25) is 0 Å². The number of pyridine rings is 1. The fraction of sp³-hybridized carbons (Fsp3) is 0.292. The van der Waals surface area contributed by atoms with Gasteiger partial charge < -0.3 is 4.98 Å². The molecule has 4 heteroatoms. The smallest absolute Gasteiger partial charge is 0.123 e. The lowest BCUT2D eigenvalue weighted by Gasteiger charge is -2.38. The van der Waals surface area contributed by atoms with Crippen LogP contribution in [-0.2, 0) is 0 Å². The van der Waals surface area contributed by atoms with Crippen molar-refractivity contribution in [3.63, 3.8) is 0 Å². The van der Waals surface area contributed by atoms with Crippen molar-refractivity contribution in [2.45, 2.75) is 31.7 Å². The van der Waals surface area contributed by atoms with Crippen molar-refractivity contribution in [1.29, 1.82) is 0 Å². The number of nitrogens with one attached hydrogen (secondary N) is 1. The van der Waals surface area contributed by atoms with Crippen molar-refractivity contribution in [3.05, 3.63) is 72.4 Å². The van der Waals surface area contributed by atoms with E-state index < -0.39 is 0 Å². The molecular weight excluding hydrogens is 349 g/mol. The molecule has 5 rings (SSSR count). The van der Waals surface area contributed by atoms with Crippen LogP contribution in [0.5, 0.6) is 0 Å². The van der Waals surface area contributed by atoms with E-state index >= 15 is 0 Å². The summed E-state index contributed by atoms with van der Waals surface area (Å²) in [6.45, 7) is 2.26. The molecule has 2 aliphatic heterocycles. The van der Waals surface area contributed by atoms with Gasteiger partial charge in [0.05, 0.1) is 5.69 Å². The van der Waals surface area contributed by atoms with Crippen LogP contribution in [0.2, 0.25) is 0 Å². The van der Waals surface area contributed by atoms with Gasteiger partial charge in [-0.25, -0.2) is 4.39 Å². The summed E-state index contributed by atoms with van der Waals surface area (Å²) in [5.41, 5.74) is 7.03. The molecule has 1 unspecified atom stereocenters. The van der Waals surface area contributed by atoms with Crippen molar-refractivity contribution in [2.75, 3.05) is 13.1 Å². The van der Waals surface area contributed by atoms with Gasteiger partial charge in [0, 0.05) is 42.3 Å². The van der Waals surface area contributed by atoms with E-state index in [1.54, 1.807) is 0 Å². The SMILES string of the molecule is Fc1ccc(-c2[nH]cc(C3=CCN4CCCCC4C3)c2-c2ccncc2)cc1. The molecule has 1 N–H and O–H groups in total. The molecule has 0 spiro atoms. The minimum Gasteiger partial charge on any atom is -0.360 e. The van der Waals surface area contributed by atoms with Gasteiger partial charge in [-0.15, -0.1) is 0 Å². The van der Waals surface area contributed by atoms with Crippen molar-refractivity contribution < 1.29 is 4.39 Å². The Morgan fingerprint density at radius 3 is 2.64 bits per heavy atom. The summed E-state index contributed by atoms with van der Waals surface area (Å²) >= 11 is 0. The first-order valence-electron chi connectivity index (χ1n) is 10.1. The average Bonchev–Trinajstić information content (AvgIpc) is 3.20. The van der Waals surface area contributed by atoms with Gasteiger partial charge in [0.1, 0.15) is 5.82 Å². The Hall–Kier alpha value is -2.72. The van der Waals surface area contributed by atoms with E-state index in [9.17, 15) is 4.39 Å². The number of halogens is 1. The summed E-state index contributed by atoms with van der Waals surface area (Å²) in [6.07, 6.45) is 13.2. The number of H-pyrrole nitrogens is 1. The third-order valence-corrected chi connectivity index (χ3v) is 6.10. The van der Waals surface area contributed by atoms with Crippen LogP contribution in [-0.4, -0.2) is 34.0 Å². The van der Waals surface area contributed by atoms with E-state index in [0.29, 0.717) is 6.04 Å². The molecule has 1 fully saturated rings. The van der Waals surface area contributed by atoms with Crippen LogP contribution < -0.4 is 0 Å². The van der Waals surface area contributed by atoms with E-state index in [0.717, 1.165) is 29.8 Å². The van der Waals surface area contributed by atoms with Gasteiger partial charge >= 0.3 is 0 Å². The largest absolute Gasteiger partial charge is 0.360 e. The molecule has 1 atom stereocenters. The van der Waals surface area contributed by atoms with Crippen LogP contribution in [0.4, 0.5) is 4.39 Å². The molecule has 0 bridgehead atoms. The maximum atomic E-state index is 13.4. The Labute approximate surface area is 164 Å². The number of hydrogen-bond acceptors (Lipinski definition) is 2. The van der Waals surface area contributed by atoms with E-state index in [1.807, 2.05) is 24.5 Å². The van der Waals surface area contributed by atoms with Gasteiger partial charge in [-0.3, -0.25) is 9.88 Å². The molecule has 4 heterocycles. The molecule has 1 saturated heterocycles. The van der Waals surface area contributed by atoms with Gasteiger partial charge in [-0.1, -0.05) is 12.5 Å². The van der Waals surface area contributed by atoms with E-state index in [1.165, 1.54) is 54.6 Å². The summed E-state index contributed by atoms with van der Waals surface area (Å²) in [5.74, 6) is -0.214. The third kappa shape index (κ3) is 3.18. The molecule has 0 aliphatic carbocycles. The lowest BCUT2D eigenvalue weighted by Crippen LogP contribution is -2.41. The fourth-order valence-corrected chi connectivity index (χ4v) is 4.66. The highest BCUT2D eigenvalue weighted by Gasteiger charge is 2.28. The third-order valence-electron chi connectivity index (χ3n) is 6.10. The van der Waals surface area contributed by atoms with Gasteiger partial charge in [0.15, 0.2) is 0 Å². The molecule has 0 saturated carbocycles. The lowest BCUT2D eigenvalue weighted by molar-refractivity contribution is 0.161. The van der Waals surface area contributed by atoms with Crippen LogP contribution in [0, 0.1) is 5.82 Å². The van der Waals surface area contributed by atoms with E-state index in [2.05, 4.69) is 39.3 Å². The van der Waals surface area contributed by atoms with Crippen LogP contribution in [0.3, 0.4) is 0 Å². The second-order valence-corrected chi connectivity index (χ2v) is 7.77. The maximum absolute atomic E-state index is 13.4. The maximum Gasteiger partial charge on any atom is 0.123 e. The van der Waals surface area contributed by atoms with Gasteiger partial charge in [0.25, 0.3) is 0 Å². The molecule has 142 valence electrons. The minimum absolute atomic E-state index is 0.214. The average molecular weight is 373 g/mol. The topological polar surface area (TPSA) is 31.9 Å². The monoisotopic (exact) mass is 373 g/mol. The van der Waals surface area contributed by atoms with E-state index in [-0.39, 0.29) is 5.82 Å². The second-order valence-electron chi connectivity index (χ2n) is 7.77. The summed E-state index contributed by atoms with van der Waals surface area (Å²) < 4.78 is 13.4. The predicted octanol–water partition coefficient (Wildman–Crippen LogP) is 5.52. The Bertz CT molecular complexity index is 988. The number of benzene rings is 1. The number of rotatable bonds is 3. The molecule has 2 aromatic heterocycles. The molecule has 3 nitrogen and oxygen atoms in total. The summed E-state index contributed by atoms with van der Waals surface area (Å²) in [4.78, 5) is 10.3. The first kappa shape index (κ1) is 17.4. The van der Waals surface area contributed by atoms with Crippen LogP contribution >= 0.6 is 0 Å². The normalized spacial score (nSPS) is 19.9. The van der Waals surface area contributed by atoms with Crippen molar-refractivity contribution in [3.8, 4) is 22.4 Å². The predicted molar refractivity (Wildman–Crippen MR) is 111 cm³/mol. The minimum atomic E-state index is -0.214. The van der Waals surface area contributed by atoms with Crippen molar-refractivity contribution >= 4 is 5.57 Å².